The fourth-order valence-electron chi connectivity index (χ4n) is 2.96. The van der Waals surface area contributed by atoms with Crippen LogP contribution >= 0.6 is 0 Å². The number of likely N-dealkylation sites (tertiary alicyclic amines) is 1. The quantitative estimate of drug-likeness (QED) is 0.830. The molecular weight excluding hydrogens is 226 g/mol. The Morgan fingerprint density at radius 1 is 1.22 bits per heavy atom. The third kappa shape index (κ3) is 2.91. The predicted molar refractivity (Wildman–Crippen MR) is 71.3 cm³/mol. The van der Waals surface area contributed by atoms with Crippen molar-refractivity contribution in [3.05, 3.63) is 35.9 Å². The van der Waals surface area contributed by atoms with Crippen LogP contribution in [-0.4, -0.2) is 41.7 Å². The molecule has 0 spiro atoms. The maximum atomic E-state index is 11.6. The first-order valence-electron chi connectivity index (χ1n) is 6.73. The molecule has 1 aliphatic heterocycles. The summed E-state index contributed by atoms with van der Waals surface area (Å²) < 4.78 is 0.685. The van der Waals surface area contributed by atoms with Crippen LogP contribution in [-0.2, 0) is 11.2 Å². The smallest absolute Gasteiger partial charge is 0.362 e. The van der Waals surface area contributed by atoms with Crippen LogP contribution in [0.2, 0.25) is 0 Å². The Bertz CT molecular complexity index is 396. The highest BCUT2D eigenvalue weighted by Crippen LogP contribution is 2.23. The highest BCUT2D eigenvalue weighted by atomic mass is 16.4. The lowest BCUT2D eigenvalue weighted by atomic mass is 9.99. The first-order valence-corrected chi connectivity index (χ1v) is 6.73. The molecule has 0 radical (unpaired) electrons. The number of rotatable bonds is 4. The summed E-state index contributed by atoms with van der Waals surface area (Å²) in [7, 11) is 2.10. The SMILES string of the molecule is C[N+]1([C@@H](Cc2ccccc2)C(=O)O)CCCCC1. The number of piperidine rings is 1. The molecule has 1 fully saturated rings. The van der Waals surface area contributed by atoms with Gasteiger partial charge in [-0.05, 0) is 24.8 Å². The van der Waals surface area contributed by atoms with Gasteiger partial charge in [0.05, 0.1) is 20.1 Å². The number of hydrogen-bond donors (Lipinski definition) is 1. The number of likely N-dealkylation sites (N-methyl/N-ethyl adjacent to an activating group) is 1. The molecule has 3 nitrogen and oxygen atoms in total. The van der Waals surface area contributed by atoms with E-state index in [9.17, 15) is 9.90 Å². The van der Waals surface area contributed by atoms with E-state index in [1.807, 2.05) is 30.3 Å². The highest BCUT2D eigenvalue weighted by molar-refractivity contribution is 5.72. The van der Waals surface area contributed by atoms with Gasteiger partial charge in [0.25, 0.3) is 0 Å². The van der Waals surface area contributed by atoms with Crippen molar-refractivity contribution in [3.8, 4) is 0 Å². The zero-order valence-corrected chi connectivity index (χ0v) is 11.0. The number of aliphatic carboxylic acids is 1. The Morgan fingerprint density at radius 2 is 1.83 bits per heavy atom. The van der Waals surface area contributed by atoms with E-state index < -0.39 is 5.97 Å². The number of benzene rings is 1. The Morgan fingerprint density at radius 3 is 2.39 bits per heavy atom. The maximum absolute atomic E-state index is 11.6. The maximum Gasteiger partial charge on any atom is 0.362 e. The van der Waals surface area contributed by atoms with Crippen molar-refractivity contribution in [1.29, 1.82) is 0 Å². The Balaban J connectivity index is 2.15. The predicted octanol–water partition coefficient (Wildman–Crippen LogP) is 2.31. The lowest BCUT2D eigenvalue weighted by molar-refractivity contribution is -0.929. The fourth-order valence-corrected chi connectivity index (χ4v) is 2.96. The minimum Gasteiger partial charge on any atom is -0.477 e. The van der Waals surface area contributed by atoms with Crippen LogP contribution in [0.25, 0.3) is 0 Å². The lowest BCUT2D eigenvalue weighted by Crippen LogP contribution is -2.59. The van der Waals surface area contributed by atoms with E-state index in [2.05, 4.69) is 7.05 Å². The normalized spacial score (nSPS) is 20.3. The molecule has 0 saturated carbocycles. The van der Waals surface area contributed by atoms with Crippen LogP contribution < -0.4 is 0 Å². The van der Waals surface area contributed by atoms with Crippen molar-refractivity contribution in [2.45, 2.75) is 31.7 Å². The van der Waals surface area contributed by atoms with Gasteiger partial charge in [-0.3, -0.25) is 0 Å². The standard InChI is InChI=1S/C15H21NO2/c1-16(10-6-3-7-11-16)14(15(17)18)12-13-8-4-2-5-9-13/h2,4-5,8-9,14H,3,6-7,10-12H2,1H3/p+1/t14-/m0/s1. The average molecular weight is 248 g/mol. The van der Waals surface area contributed by atoms with E-state index in [4.69, 9.17) is 0 Å². The van der Waals surface area contributed by atoms with Gasteiger partial charge < -0.3 is 9.59 Å². The Kier molecular flexibility index (Phi) is 4.02. The number of carbonyl (C=O) groups is 1. The summed E-state index contributed by atoms with van der Waals surface area (Å²) in [5.74, 6) is -0.664. The van der Waals surface area contributed by atoms with Crippen molar-refractivity contribution < 1.29 is 14.4 Å². The van der Waals surface area contributed by atoms with Crippen LogP contribution in [0.15, 0.2) is 30.3 Å². The van der Waals surface area contributed by atoms with Gasteiger partial charge in [0.15, 0.2) is 6.04 Å². The zero-order chi connectivity index (χ0) is 13.0. The number of nitrogens with zero attached hydrogens (tertiary/aromatic N) is 1. The molecule has 18 heavy (non-hydrogen) atoms. The van der Waals surface area contributed by atoms with Gasteiger partial charge >= 0.3 is 5.97 Å². The zero-order valence-electron chi connectivity index (χ0n) is 11.0. The van der Waals surface area contributed by atoms with E-state index >= 15 is 0 Å². The summed E-state index contributed by atoms with van der Waals surface area (Å²) in [6.07, 6.45) is 4.17. The number of hydrogen-bond acceptors (Lipinski definition) is 1. The first kappa shape index (κ1) is 13.1. The van der Waals surface area contributed by atoms with Gasteiger partial charge in [0, 0.05) is 6.42 Å². The molecule has 1 atom stereocenters. The summed E-state index contributed by atoms with van der Waals surface area (Å²) in [4.78, 5) is 11.6. The summed E-state index contributed by atoms with van der Waals surface area (Å²) in [6, 6.07) is 9.65. The van der Waals surface area contributed by atoms with E-state index in [1.165, 1.54) is 6.42 Å². The van der Waals surface area contributed by atoms with Gasteiger partial charge in [0.2, 0.25) is 0 Å². The molecule has 1 aliphatic rings. The Labute approximate surface area is 109 Å². The van der Waals surface area contributed by atoms with Crippen LogP contribution in [0, 0.1) is 0 Å². The minimum absolute atomic E-state index is 0.312. The first-order chi connectivity index (χ1) is 8.62. The van der Waals surface area contributed by atoms with Gasteiger partial charge in [-0.15, -0.1) is 0 Å². The molecular formula is C15H22NO2+. The van der Waals surface area contributed by atoms with E-state index in [0.717, 1.165) is 31.5 Å². The molecule has 1 saturated heterocycles. The van der Waals surface area contributed by atoms with Crippen molar-refractivity contribution in [2.75, 3.05) is 20.1 Å². The van der Waals surface area contributed by atoms with Crippen molar-refractivity contribution in [3.63, 3.8) is 0 Å². The summed E-state index contributed by atoms with van der Waals surface area (Å²) >= 11 is 0. The second kappa shape index (κ2) is 5.53. The fraction of sp³-hybridized carbons (Fsp3) is 0.533. The topological polar surface area (TPSA) is 37.3 Å². The van der Waals surface area contributed by atoms with Crippen LogP contribution in [0.1, 0.15) is 24.8 Å². The molecule has 0 aliphatic carbocycles. The molecule has 1 N–H and O–H groups in total. The van der Waals surface area contributed by atoms with Gasteiger partial charge in [-0.2, -0.15) is 0 Å². The van der Waals surface area contributed by atoms with E-state index in [0.29, 0.717) is 10.9 Å². The Hall–Kier alpha value is -1.35. The molecule has 0 unspecified atom stereocenters. The summed E-state index contributed by atoms with van der Waals surface area (Å²) in [5, 5.41) is 9.54. The number of quaternary nitrogens is 1. The molecule has 1 heterocycles. The van der Waals surface area contributed by atoms with Crippen molar-refractivity contribution in [2.24, 2.45) is 0 Å². The van der Waals surface area contributed by atoms with Gasteiger partial charge in [-0.1, -0.05) is 30.3 Å². The second-order valence-electron chi connectivity index (χ2n) is 5.53. The van der Waals surface area contributed by atoms with Crippen LogP contribution in [0.3, 0.4) is 0 Å². The molecule has 0 bridgehead atoms. The van der Waals surface area contributed by atoms with Crippen LogP contribution in [0.4, 0.5) is 0 Å². The number of carboxylic acids is 1. The second-order valence-corrected chi connectivity index (χ2v) is 5.53. The monoisotopic (exact) mass is 248 g/mol. The average Bonchev–Trinajstić information content (AvgIpc) is 2.37. The molecule has 0 aromatic heterocycles. The molecule has 3 heteroatoms. The van der Waals surface area contributed by atoms with E-state index in [1.54, 1.807) is 0 Å². The molecule has 1 aromatic rings. The lowest BCUT2D eigenvalue weighted by Gasteiger charge is -2.42. The molecule has 0 amide bonds. The molecule has 2 rings (SSSR count). The molecule has 98 valence electrons. The molecule has 1 aromatic carbocycles. The van der Waals surface area contributed by atoms with Gasteiger partial charge in [0.1, 0.15) is 0 Å². The third-order valence-corrected chi connectivity index (χ3v) is 4.15. The van der Waals surface area contributed by atoms with Gasteiger partial charge in [-0.25, -0.2) is 4.79 Å². The van der Waals surface area contributed by atoms with Crippen molar-refractivity contribution in [1.82, 2.24) is 0 Å². The number of carboxylic acid groups (broad SMARTS) is 1. The minimum atomic E-state index is -0.664. The summed E-state index contributed by atoms with van der Waals surface area (Å²) in [6.45, 7) is 1.98. The van der Waals surface area contributed by atoms with Crippen LogP contribution in [0.5, 0.6) is 0 Å². The van der Waals surface area contributed by atoms with E-state index in [-0.39, 0.29) is 6.04 Å². The third-order valence-electron chi connectivity index (χ3n) is 4.15. The largest absolute Gasteiger partial charge is 0.477 e. The van der Waals surface area contributed by atoms with Crippen molar-refractivity contribution >= 4 is 5.97 Å². The summed E-state index contributed by atoms with van der Waals surface area (Å²) in [5.41, 5.74) is 1.12. The highest BCUT2D eigenvalue weighted by Gasteiger charge is 2.39.